The molecule has 0 aromatic heterocycles. The lowest BCUT2D eigenvalue weighted by Crippen LogP contribution is -2.64. The van der Waals surface area contributed by atoms with Gasteiger partial charge >= 0.3 is 5.97 Å². The molecule has 3 rings (SSSR count). The number of hydrogen-bond acceptors (Lipinski definition) is 9. The first-order chi connectivity index (χ1) is 18.1. The molecule has 0 spiro atoms. The van der Waals surface area contributed by atoms with E-state index in [9.17, 15) is 9.59 Å². The van der Waals surface area contributed by atoms with Crippen molar-refractivity contribution >= 4 is 17.6 Å². The Kier molecular flexibility index (Phi) is 10.1. The maximum Gasteiger partial charge on any atom is 0.360 e. The van der Waals surface area contributed by atoms with E-state index in [1.807, 2.05) is 45.9 Å². The van der Waals surface area contributed by atoms with Gasteiger partial charge in [0.1, 0.15) is 23.2 Å². The van der Waals surface area contributed by atoms with Gasteiger partial charge in [-0.3, -0.25) is 4.79 Å². The van der Waals surface area contributed by atoms with Crippen LogP contribution in [0.1, 0.15) is 50.0 Å². The second kappa shape index (κ2) is 13.1. The van der Waals surface area contributed by atoms with E-state index in [1.165, 1.54) is 14.2 Å². The van der Waals surface area contributed by atoms with E-state index in [0.717, 1.165) is 11.3 Å². The molecule has 2 aromatic carbocycles. The van der Waals surface area contributed by atoms with Gasteiger partial charge in [-0.2, -0.15) is 0 Å². The molecule has 0 bridgehead atoms. The summed E-state index contributed by atoms with van der Waals surface area (Å²) in [6.45, 7) is 7.97. The molecule has 38 heavy (non-hydrogen) atoms. The first kappa shape index (κ1) is 29.4. The highest BCUT2D eigenvalue weighted by molar-refractivity contribution is 5.94. The summed E-state index contributed by atoms with van der Waals surface area (Å²) < 4.78 is 23.3. The molecule has 0 aliphatic carbocycles. The third-order valence-electron chi connectivity index (χ3n) is 6.47. The number of carbonyl (C=O) groups is 2. The number of nitrogens with one attached hydrogen (secondary N) is 2. The monoisotopic (exact) mass is 529 g/mol. The molecule has 0 saturated carbocycles. The van der Waals surface area contributed by atoms with E-state index in [-0.39, 0.29) is 18.0 Å². The van der Waals surface area contributed by atoms with Gasteiger partial charge in [-0.1, -0.05) is 18.2 Å². The first-order valence-electron chi connectivity index (χ1n) is 12.7. The Labute approximate surface area is 224 Å². The van der Waals surface area contributed by atoms with Crippen LogP contribution in [0.3, 0.4) is 0 Å². The number of nitrogens with zero attached hydrogens (tertiary/aromatic N) is 1. The van der Waals surface area contributed by atoms with Gasteiger partial charge < -0.3 is 29.1 Å². The van der Waals surface area contributed by atoms with Crippen LogP contribution in [0.15, 0.2) is 42.5 Å². The van der Waals surface area contributed by atoms with Crippen LogP contribution >= 0.6 is 0 Å². The minimum Gasteiger partial charge on any atom is -0.496 e. The van der Waals surface area contributed by atoms with Crippen molar-refractivity contribution in [2.75, 3.05) is 33.2 Å². The van der Waals surface area contributed by atoms with Crippen LogP contribution in [-0.4, -0.2) is 68.9 Å². The highest BCUT2D eigenvalue weighted by Gasteiger charge is 2.42. The van der Waals surface area contributed by atoms with Gasteiger partial charge in [0, 0.05) is 44.0 Å². The molecule has 1 heterocycles. The Hall–Kier alpha value is -3.18. The van der Waals surface area contributed by atoms with Gasteiger partial charge in [-0.15, -0.1) is 5.06 Å². The fourth-order valence-corrected chi connectivity index (χ4v) is 4.28. The number of rotatable bonds is 13. The normalized spacial score (nSPS) is 16.3. The molecule has 0 saturated heterocycles. The van der Waals surface area contributed by atoms with Crippen LogP contribution in [-0.2, 0) is 25.5 Å². The topological polar surface area (TPSA) is 108 Å². The number of para-hydroxylation sites is 1. The quantitative estimate of drug-likeness (QED) is 0.296. The average Bonchev–Trinajstić information content (AvgIpc) is 2.91. The standard InChI is InChI=1S/C28H39N3O7/c1-18(2)31(38-27(33)22-11-8-9-13-24(22)35-6)17-19(3)30-28(36-7,20(4)34-5)37-25-14-10-12-23-21(25)15-16-26(32)29-23/h8-14,18-20,30H,15-17H2,1-7H3,(H,29,32). The lowest BCUT2D eigenvalue weighted by atomic mass is 10.0. The number of benzene rings is 2. The van der Waals surface area contributed by atoms with Gasteiger partial charge in [-0.25, -0.2) is 10.1 Å². The SMILES string of the molecule is COc1ccccc1C(=O)ON(CC(C)NC(OC)(Oc1cccc2c1CCC(=O)N2)C(C)OC)C(C)C. The molecule has 1 aliphatic heterocycles. The molecule has 0 fully saturated rings. The van der Waals surface area contributed by atoms with Crippen LogP contribution < -0.4 is 20.1 Å². The van der Waals surface area contributed by atoms with Crippen LogP contribution in [0.4, 0.5) is 5.69 Å². The lowest BCUT2D eigenvalue weighted by molar-refractivity contribution is -0.252. The lowest BCUT2D eigenvalue weighted by Gasteiger charge is -2.41. The number of fused-ring (bicyclic) bond motifs is 1. The zero-order chi connectivity index (χ0) is 27.9. The Balaban J connectivity index is 1.80. The van der Waals surface area contributed by atoms with Gasteiger partial charge in [0.05, 0.1) is 13.7 Å². The van der Waals surface area contributed by atoms with E-state index >= 15 is 0 Å². The molecule has 10 nitrogen and oxygen atoms in total. The summed E-state index contributed by atoms with van der Waals surface area (Å²) in [6.07, 6.45) is 0.388. The third-order valence-corrected chi connectivity index (χ3v) is 6.47. The largest absolute Gasteiger partial charge is 0.496 e. The minimum atomic E-state index is -1.37. The molecule has 208 valence electrons. The highest BCUT2D eigenvalue weighted by Crippen LogP contribution is 2.34. The molecule has 0 radical (unpaired) electrons. The highest BCUT2D eigenvalue weighted by atomic mass is 16.7. The van der Waals surface area contributed by atoms with Gasteiger partial charge in [0.15, 0.2) is 0 Å². The summed E-state index contributed by atoms with van der Waals surface area (Å²) in [7, 11) is 4.62. The number of hydrogen-bond donors (Lipinski definition) is 2. The summed E-state index contributed by atoms with van der Waals surface area (Å²) in [5.74, 6) is -0.895. The summed E-state index contributed by atoms with van der Waals surface area (Å²) in [6, 6.07) is 12.0. The van der Waals surface area contributed by atoms with Crippen molar-refractivity contribution in [1.82, 2.24) is 10.4 Å². The molecular formula is C28H39N3O7. The molecular weight excluding hydrogens is 490 g/mol. The summed E-state index contributed by atoms with van der Waals surface area (Å²) >= 11 is 0. The number of anilines is 1. The molecule has 3 unspecified atom stereocenters. The van der Waals surface area contributed by atoms with E-state index in [1.54, 1.807) is 36.4 Å². The fourth-order valence-electron chi connectivity index (χ4n) is 4.28. The van der Waals surface area contributed by atoms with Crippen LogP contribution in [0.25, 0.3) is 0 Å². The number of amides is 1. The Morgan fingerprint density at radius 3 is 2.39 bits per heavy atom. The summed E-state index contributed by atoms with van der Waals surface area (Å²) in [4.78, 5) is 30.6. The fraction of sp³-hybridized carbons (Fsp3) is 0.500. The van der Waals surface area contributed by atoms with Crippen molar-refractivity contribution in [2.24, 2.45) is 0 Å². The van der Waals surface area contributed by atoms with Crippen LogP contribution in [0.2, 0.25) is 0 Å². The zero-order valence-electron chi connectivity index (χ0n) is 23.2. The van der Waals surface area contributed by atoms with E-state index in [4.69, 9.17) is 23.8 Å². The molecule has 10 heteroatoms. The first-order valence-corrected chi connectivity index (χ1v) is 12.7. The van der Waals surface area contributed by atoms with E-state index < -0.39 is 18.0 Å². The van der Waals surface area contributed by atoms with Crippen molar-refractivity contribution in [3.63, 3.8) is 0 Å². The Morgan fingerprint density at radius 2 is 1.74 bits per heavy atom. The van der Waals surface area contributed by atoms with E-state index in [0.29, 0.717) is 36.4 Å². The summed E-state index contributed by atoms with van der Waals surface area (Å²) in [5, 5.41) is 7.89. The average molecular weight is 530 g/mol. The molecule has 3 atom stereocenters. The molecule has 2 aromatic rings. The maximum atomic E-state index is 13.0. The smallest absolute Gasteiger partial charge is 0.360 e. The van der Waals surface area contributed by atoms with Crippen molar-refractivity contribution in [2.45, 2.75) is 64.6 Å². The van der Waals surface area contributed by atoms with Crippen molar-refractivity contribution in [3.05, 3.63) is 53.6 Å². The van der Waals surface area contributed by atoms with Gasteiger partial charge in [-0.05, 0) is 58.4 Å². The minimum absolute atomic E-state index is 0.0268. The summed E-state index contributed by atoms with van der Waals surface area (Å²) in [5.41, 5.74) is 1.95. The number of carbonyl (C=O) groups excluding carboxylic acids is 2. The van der Waals surface area contributed by atoms with Gasteiger partial charge in [0.25, 0.3) is 5.91 Å². The van der Waals surface area contributed by atoms with Crippen LogP contribution in [0.5, 0.6) is 11.5 Å². The Morgan fingerprint density at radius 1 is 1.03 bits per heavy atom. The number of methoxy groups -OCH3 is 3. The second-order valence-corrected chi connectivity index (χ2v) is 9.50. The molecule has 1 amide bonds. The van der Waals surface area contributed by atoms with Gasteiger partial charge in [0.2, 0.25) is 5.91 Å². The van der Waals surface area contributed by atoms with Crippen molar-refractivity contribution < 1.29 is 33.4 Å². The Bertz CT molecular complexity index is 1110. The van der Waals surface area contributed by atoms with Crippen LogP contribution in [0, 0.1) is 0 Å². The van der Waals surface area contributed by atoms with E-state index in [2.05, 4.69) is 10.6 Å². The predicted octanol–water partition coefficient (Wildman–Crippen LogP) is 3.75. The molecule has 2 N–H and O–H groups in total. The molecule has 1 aliphatic rings. The predicted molar refractivity (Wildman–Crippen MR) is 143 cm³/mol. The van der Waals surface area contributed by atoms with Crippen molar-refractivity contribution in [1.29, 1.82) is 0 Å². The van der Waals surface area contributed by atoms with Crippen molar-refractivity contribution in [3.8, 4) is 11.5 Å². The third kappa shape index (κ3) is 6.82. The number of hydroxylamine groups is 2. The zero-order valence-corrected chi connectivity index (χ0v) is 23.2. The maximum absolute atomic E-state index is 13.0. The second-order valence-electron chi connectivity index (χ2n) is 9.50. The number of ether oxygens (including phenoxy) is 4.